The Bertz CT molecular complexity index is 137. The summed E-state index contributed by atoms with van der Waals surface area (Å²) in [6.07, 6.45) is 0.898. The van der Waals surface area contributed by atoms with E-state index in [1.807, 2.05) is 13.5 Å². The van der Waals surface area contributed by atoms with E-state index in [9.17, 15) is 0 Å². The van der Waals surface area contributed by atoms with Crippen LogP contribution in [0.4, 0.5) is 0 Å². The van der Waals surface area contributed by atoms with Crippen molar-refractivity contribution in [1.82, 2.24) is 0 Å². The van der Waals surface area contributed by atoms with Crippen LogP contribution in [0.25, 0.3) is 0 Å². The van der Waals surface area contributed by atoms with E-state index in [2.05, 4.69) is 0 Å². The smallest absolute Gasteiger partial charge is 0.390 e. The van der Waals surface area contributed by atoms with Crippen LogP contribution in [0.15, 0.2) is 0 Å². The third kappa shape index (κ3) is 4.22. The Labute approximate surface area is 78.5 Å². The van der Waals surface area contributed by atoms with Gasteiger partial charge in [0.25, 0.3) is 0 Å². The minimum atomic E-state index is -2.01. The van der Waals surface area contributed by atoms with Crippen molar-refractivity contribution >= 4 is 35.3 Å². The van der Waals surface area contributed by atoms with Crippen molar-refractivity contribution in [1.29, 1.82) is 0 Å². The minimum Gasteiger partial charge on any atom is -0.390 e. The number of thiocarbonyl (C=S) groups is 1. The van der Waals surface area contributed by atoms with E-state index < -0.39 is 7.71 Å². The van der Waals surface area contributed by atoms with Gasteiger partial charge in [-0.25, -0.2) is 0 Å². The van der Waals surface area contributed by atoms with Crippen molar-refractivity contribution in [3.8, 4) is 0 Å². The molecule has 0 saturated heterocycles. The molecule has 0 fully saturated rings. The molecular formula is C6H14O2S2Si. The molecule has 2 nitrogen and oxygen atoms in total. The lowest BCUT2D eigenvalue weighted by molar-refractivity contribution is 0.276. The highest BCUT2D eigenvalue weighted by Gasteiger charge is 2.31. The largest absolute Gasteiger partial charge is 0.407 e. The zero-order chi connectivity index (χ0) is 8.91. The van der Waals surface area contributed by atoms with Gasteiger partial charge in [-0.15, -0.1) is 0 Å². The van der Waals surface area contributed by atoms with Gasteiger partial charge < -0.3 is 8.85 Å². The monoisotopic (exact) mass is 210 g/mol. The van der Waals surface area contributed by atoms with Gasteiger partial charge in [0.15, 0.2) is 0 Å². The van der Waals surface area contributed by atoms with Crippen LogP contribution in [0, 0.1) is 0 Å². The molecule has 0 heterocycles. The summed E-state index contributed by atoms with van der Waals surface area (Å²) in [4.78, 5) is 0. The van der Waals surface area contributed by atoms with Crippen LogP contribution in [-0.2, 0) is 8.85 Å². The summed E-state index contributed by atoms with van der Waals surface area (Å²) in [6.45, 7) is 4.02. The second-order valence-corrected chi connectivity index (χ2v) is 8.92. The van der Waals surface area contributed by atoms with Crippen LogP contribution >= 0.6 is 23.4 Å². The Kier molecular flexibility index (Phi) is 5.54. The summed E-state index contributed by atoms with van der Waals surface area (Å²) in [5.74, 6) is 0. The van der Waals surface area contributed by atoms with Crippen LogP contribution < -0.4 is 0 Å². The first-order chi connectivity index (χ1) is 5.08. The highest BCUT2D eigenvalue weighted by molar-refractivity contribution is 8.42. The van der Waals surface area contributed by atoms with Gasteiger partial charge in [-0.3, -0.25) is 0 Å². The minimum absolute atomic E-state index is 0.898. The van der Waals surface area contributed by atoms with Gasteiger partial charge in [0.2, 0.25) is 0 Å². The molecule has 0 aromatic heterocycles. The summed E-state index contributed by atoms with van der Waals surface area (Å²) < 4.78 is 11.5. The molecule has 66 valence electrons. The summed E-state index contributed by atoms with van der Waals surface area (Å²) in [7, 11) is 1.33. The Balaban J connectivity index is 3.96. The van der Waals surface area contributed by atoms with Gasteiger partial charge in [-0.2, -0.15) is 0 Å². The second kappa shape index (κ2) is 5.26. The van der Waals surface area contributed by atoms with Gasteiger partial charge >= 0.3 is 7.71 Å². The maximum absolute atomic E-state index is 5.25. The zero-order valence-corrected chi connectivity index (χ0v) is 9.97. The topological polar surface area (TPSA) is 18.5 Å². The molecule has 0 aliphatic rings. The van der Waals surface area contributed by atoms with E-state index in [0.717, 1.165) is 10.6 Å². The third-order valence-corrected chi connectivity index (χ3v) is 7.53. The SMILES string of the molecule is CCC(=S)S[Si](C)(OC)OC. The zero-order valence-electron chi connectivity index (χ0n) is 7.34. The van der Waals surface area contributed by atoms with Crippen LogP contribution in [-0.4, -0.2) is 26.1 Å². The van der Waals surface area contributed by atoms with Crippen LogP contribution in [0.1, 0.15) is 13.3 Å². The Morgan fingerprint density at radius 1 is 1.45 bits per heavy atom. The molecule has 0 saturated carbocycles. The normalized spacial score (nSPS) is 11.6. The third-order valence-electron chi connectivity index (χ3n) is 1.33. The second-order valence-electron chi connectivity index (χ2n) is 2.10. The average molecular weight is 210 g/mol. The quantitative estimate of drug-likeness (QED) is 0.523. The maximum atomic E-state index is 5.25. The molecule has 5 heteroatoms. The molecule has 0 amide bonds. The van der Waals surface area contributed by atoms with Crippen molar-refractivity contribution < 1.29 is 8.85 Å². The van der Waals surface area contributed by atoms with Gasteiger partial charge in [0, 0.05) is 18.4 Å². The lowest BCUT2D eigenvalue weighted by Crippen LogP contribution is -2.33. The Morgan fingerprint density at radius 3 is 2.18 bits per heavy atom. The molecule has 0 aromatic rings. The average Bonchev–Trinajstić information content (AvgIpc) is 2.04. The standard InChI is InChI=1S/C6H14O2S2Si/c1-5-6(9)10-11(4,7-2)8-3/h5H2,1-4H3. The molecule has 0 aliphatic carbocycles. The fraction of sp³-hybridized carbons (Fsp3) is 0.833. The lowest BCUT2D eigenvalue weighted by atomic mass is 10.6. The van der Waals surface area contributed by atoms with E-state index in [-0.39, 0.29) is 0 Å². The van der Waals surface area contributed by atoms with E-state index in [0.29, 0.717) is 0 Å². The van der Waals surface area contributed by atoms with Gasteiger partial charge in [-0.1, -0.05) is 30.4 Å². The molecule has 0 N–H and O–H groups in total. The van der Waals surface area contributed by atoms with Crippen LogP contribution in [0.3, 0.4) is 0 Å². The maximum Gasteiger partial charge on any atom is 0.407 e. The summed E-state index contributed by atoms with van der Waals surface area (Å²) in [5.41, 5.74) is 0. The fourth-order valence-electron chi connectivity index (χ4n) is 0.446. The molecule has 0 atom stereocenters. The van der Waals surface area contributed by atoms with E-state index >= 15 is 0 Å². The van der Waals surface area contributed by atoms with E-state index in [1.165, 1.54) is 0 Å². The molecule has 0 spiro atoms. The number of rotatable bonds is 4. The van der Waals surface area contributed by atoms with Crippen LogP contribution in [0.2, 0.25) is 6.55 Å². The molecule has 0 radical (unpaired) electrons. The Morgan fingerprint density at radius 2 is 1.91 bits per heavy atom. The van der Waals surface area contributed by atoms with Crippen molar-refractivity contribution in [2.45, 2.75) is 19.9 Å². The van der Waals surface area contributed by atoms with Gasteiger partial charge in [0.05, 0.1) is 0 Å². The fourth-order valence-corrected chi connectivity index (χ4v) is 4.87. The first kappa shape index (κ1) is 11.6. The van der Waals surface area contributed by atoms with Crippen molar-refractivity contribution in [2.75, 3.05) is 14.2 Å². The summed E-state index contributed by atoms with van der Waals surface area (Å²) in [6, 6.07) is 0. The molecule has 0 unspecified atom stereocenters. The first-order valence-electron chi connectivity index (χ1n) is 3.40. The summed E-state index contributed by atoms with van der Waals surface area (Å²) in [5, 5.41) is 0. The van der Waals surface area contributed by atoms with E-state index in [1.54, 1.807) is 25.4 Å². The van der Waals surface area contributed by atoms with Crippen molar-refractivity contribution in [2.24, 2.45) is 0 Å². The molecular weight excluding hydrogens is 196 g/mol. The van der Waals surface area contributed by atoms with Crippen molar-refractivity contribution in [3.63, 3.8) is 0 Å². The highest BCUT2D eigenvalue weighted by atomic mass is 32.4. The highest BCUT2D eigenvalue weighted by Crippen LogP contribution is 2.24. The number of hydrogen-bond acceptors (Lipinski definition) is 4. The summed E-state index contributed by atoms with van der Waals surface area (Å²) >= 11 is 6.65. The molecule has 0 bridgehead atoms. The molecule has 0 aromatic carbocycles. The predicted molar refractivity (Wildman–Crippen MR) is 56.1 cm³/mol. The molecule has 11 heavy (non-hydrogen) atoms. The predicted octanol–water partition coefficient (Wildman–Crippen LogP) is 2.32. The van der Waals surface area contributed by atoms with Gasteiger partial charge in [-0.05, 0) is 13.0 Å². The van der Waals surface area contributed by atoms with E-state index in [4.69, 9.17) is 21.1 Å². The Hall–Kier alpha value is 0.577. The number of hydrogen-bond donors (Lipinski definition) is 0. The molecule has 0 rings (SSSR count). The molecule has 0 aliphatic heterocycles. The van der Waals surface area contributed by atoms with Crippen LogP contribution in [0.5, 0.6) is 0 Å². The van der Waals surface area contributed by atoms with Gasteiger partial charge in [0.1, 0.15) is 0 Å². The van der Waals surface area contributed by atoms with Crippen molar-refractivity contribution in [3.05, 3.63) is 0 Å². The lowest BCUT2D eigenvalue weighted by Gasteiger charge is -2.21. The first-order valence-corrected chi connectivity index (χ1v) is 7.66.